The van der Waals surface area contributed by atoms with E-state index in [1.165, 1.54) is 6.20 Å². The Kier molecular flexibility index (Phi) is 4.06. The van der Waals surface area contributed by atoms with Crippen molar-refractivity contribution in [2.45, 2.75) is 0 Å². The van der Waals surface area contributed by atoms with Gasteiger partial charge >= 0.3 is 0 Å². The van der Waals surface area contributed by atoms with Gasteiger partial charge in [0.15, 0.2) is 11.5 Å². The summed E-state index contributed by atoms with van der Waals surface area (Å²) in [6.45, 7) is 3.12. The van der Waals surface area contributed by atoms with E-state index in [1.807, 2.05) is 12.1 Å². The number of rotatable bonds is 3. The molecule has 0 aliphatic carbocycles. The van der Waals surface area contributed by atoms with Crippen LogP contribution in [0.4, 0.5) is 11.5 Å². The molecule has 7 heteroatoms. The van der Waals surface area contributed by atoms with Crippen molar-refractivity contribution in [3.63, 3.8) is 0 Å². The Balaban J connectivity index is 1.69. The molecule has 0 atom stereocenters. The number of hydrogen-bond acceptors (Lipinski definition) is 6. The van der Waals surface area contributed by atoms with Gasteiger partial charge in [-0.25, -0.2) is 9.97 Å². The maximum atomic E-state index is 11.1. The average molecular weight is 308 g/mol. The summed E-state index contributed by atoms with van der Waals surface area (Å²) in [6.07, 6.45) is 3.13. The molecule has 2 heterocycles. The summed E-state index contributed by atoms with van der Waals surface area (Å²) in [6, 6.07) is 9.36. The number of anilines is 2. The Morgan fingerprint density at radius 2 is 1.65 bits per heavy atom. The molecule has 1 aromatic heterocycles. The Morgan fingerprint density at radius 1 is 1.04 bits per heavy atom. The van der Waals surface area contributed by atoms with Crippen molar-refractivity contribution in [2.75, 3.05) is 36.0 Å². The van der Waals surface area contributed by atoms with E-state index >= 15 is 0 Å². The molecule has 1 aliphatic rings. The molecule has 23 heavy (non-hydrogen) atoms. The molecule has 7 nitrogen and oxygen atoms in total. The zero-order chi connectivity index (χ0) is 16.2. The molecule has 1 aliphatic heterocycles. The van der Waals surface area contributed by atoms with E-state index in [9.17, 15) is 4.79 Å². The Hall–Kier alpha value is -3.14. The number of nitriles is 1. The van der Waals surface area contributed by atoms with Gasteiger partial charge in [0.1, 0.15) is 6.07 Å². The van der Waals surface area contributed by atoms with Crippen LogP contribution in [0, 0.1) is 11.3 Å². The number of carbonyl (C=O) groups excluding carboxylic acids is 1. The third-order valence-corrected chi connectivity index (χ3v) is 3.88. The van der Waals surface area contributed by atoms with Gasteiger partial charge in [-0.1, -0.05) is 0 Å². The molecule has 1 amide bonds. The van der Waals surface area contributed by atoms with Crippen LogP contribution >= 0.6 is 0 Å². The number of carbonyl (C=O) groups is 1. The summed E-state index contributed by atoms with van der Waals surface area (Å²) in [5.41, 5.74) is 7.16. The molecule has 1 aromatic carbocycles. The molecular formula is C16H16N6O. The minimum absolute atomic E-state index is 0.353. The van der Waals surface area contributed by atoms with Crippen molar-refractivity contribution in [2.24, 2.45) is 5.73 Å². The third kappa shape index (κ3) is 3.06. The van der Waals surface area contributed by atoms with Crippen molar-refractivity contribution < 1.29 is 4.79 Å². The highest BCUT2D eigenvalue weighted by Gasteiger charge is 2.21. The highest BCUT2D eigenvalue weighted by molar-refractivity contribution is 5.93. The quantitative estimate of drug-likeness (QED) is 0.899. The third-order valence-electron chi connectivity index (χ3n) is 3.88. The van der Waals surface area contributed by atoms with Crippen molar-refractivity contribution in [3.05, 3.63) is 47.9 Å². The Bertz CT molecular complexity index is 744. The standard InChI is InChI=1S/C16H16N6O/c17-11-14-16(20-6-5-19-14)22-9-7-21(8-10-22)13-3-1-12(2-4-13)15(18)23/h1-6H,7-10H2,(H2,18,23). The first-order valence-electron chi connectivity index (χ1n) is 7.30. The van der Waals surface area contributed by atoms with E-state index in [0.717, 1.165) is 31.9 Å². The molecule has 0 saturated carbocycles. The molecule has 3 rings (SSSR count). The molecule has 0 unspecified atom stereocenters. The van der Waals surface area contributed by atoms with E-state index in [0.29, 0.717) is 17.1 Å². The highest BCUT2D eigenvalue weighted by atomic mass is 16.1. The van der Waals surface area contributed by atoms with Crippen LogP contribution < -0.4 is 15.5 Å². The van der Waals surface area contributed by atoms with Gasteiger partial charge in [-0.3, -0.25) is 4.79 Å². The maximum Gasteiger partial charge on any atom is 0.248 e. The summed E-state index contributed by atoms with van der Waals surface area (Å²) >= 11 is 0. The fourth-order valence-electron chi connectivity index (χ4n) is 2.65. The Morgan fingerprint density at radius 3 is 2.26 bits per heavy atom. The van der Waals surface area contributed by atoms with Crippen LogP contribution in [0.15, 0.2) is 36.7 Å². The SMILES string of the molecule is N#Cc1nccnc1N1CCN(c2ccc(C(N)=O)cc2)CC1. The summed E-state index contributed by atoms with van der Waals surface area (Å²) in [7, 11) is 0. The normalized spacial score (nSPS) is 14.4. The Labute approximate surface area is 134 Å². The summed E-state index contributed by atoms with van der Waals surface area (Å²) in [4.78, 5) is 23.7. The molecule has 0 spiro atoms. The largest absolute Gasteiger partial charge is 0.368 e. The van der Waals surface area contributed by atoms with Gasteiger partial charge in [-0.2, -0.15) is 5.26 Å². The van der Waals surface area contributed by atoms with Crippen LogP contribution in [-0.4, -0.2) is 42.1 Å². The van der Waals surface area contributed by atoms with Gasteiger partial charge in [0.05, 0.1) is 0 Å². The monoisotopic (exact) mass is 308 g/mol. The van der Waals surface area contributed by atoms with E-state index < -0.39 is 5.91 Å². The van der Waals surface area contributed by atoms with E-state index in [1.54, 1.807) is 18.3 Å². The highest BCUT2D eigenvalue weighted by Crippen LogP contribution is 2.21. The molecule has 1 saturated heterocycles. The number of hydrogen-bond donors (Lipinski definition) is 1. The van der Waals surface area contributed by atoms with Gasteiger partial charge in [0, 0.05) is 49.8 Å². The van der Waals surface area contributed by atoms with Crippen LogP contribution in [0.1, 0.15) is 16.1 Å². The second kappa shape index (κ2) is 6.32. The van der Waals surface area contributed by atoms with Gasteiger partial charge in [0.25, 0.3) is 0 Å². The number of piperazine rings is 1. The topological polar surface area (TPSA) is 99.1 Å². The minimum Gasteiger partial charge on any atom is -0.368 e. The molecule has 116 valence electrons. The number of aromatic nitrogens is 2. The average Bonchev–Trinajstić information content (AvgIpc) is 2.62. The van der Waals surface area contributed by atoms with Crippen molar-refractivity contribution in [3.8, 4) is 6.07 Å². The number of amides is 1. The zero-order valence-electron chi connectivity index (χ0n) is 12.5. The lowest BCUT2D eigenvalue weighted by atomic mass is 10.1. The predicted molar refractivity (Wildman–Crippen MR) is 86.1 cm³/mol. The van der Waals surface area contributed by atoms with Crippen molar-refractivity contribution in [1.82, 2.24) is 9.97 Å². The number of nitrogens with zero attached hydrogens (tertiary/aromatic N) is 5. The molecule has 1 fully saturated rings. The van der Waals surface area contributed by atoms with Crippen LogP contribution in [0.25, 0.3) is 0 Å². The lowest BCUT2D eigenvalue weighted by Crippen LogP contribution is -2.47. The number of primary amides is 1. The smallest absolute Gasteiger partial charge is 0.248 e. The summed E-state index contributed by atoms with van der Waals surface area (Å²) in [5.74, 6) is 0.215. The molecular weight excluding hydrogens is 292 g/mol. The lowest BCUT2D eigenvalue weighted by molar-refractivity contribution is 0.100. The van der Waals surface area contributed by atoms with Gasteiger partial charge in [0.2, 0.25) is 5.91 Å². The minimum atomic E-state index is -0.423. The van der Waals surface area contributed by atoms with Gasteiger partial charge < -0.3 is 15.5 Å². The van der Waals surface area contributed by atoms with Crippen LogP contribution in [-0.2, 0) is 0 Å². The first-order valence-corrected chi connectivity index (χ1v) is 7.30. The van der Waals surface area contributed by atoms with Crippen molar-refractivity contribution >= 4 is 17.4 Å². The van der Waals surface area contributed by atoms with Crippen LogP contribution in [0.5, 0.6) is 0 Å². The van der Waals surface area contributed by atoms with E-state index in [2.05, 4.69) is 25.8 Å². The zero-order valence-corrected chi connectivity index (χ0v) is 12.5. The van der Waals surface area contributed by atoms with Gasteiger partial charge in [-0.05, 0) is 24.3 Å². The van der Waals surface area contributed by atoms with Crippen LogP contribution in [0.3, 0.4) is 0 Å². The van der Waals surface area contributed by atoms with Gasteiger partial charge in [-0.15, -0.1) is 0 Å². The fraction of sp³-hybridized carbons (Fsp3) is 0.250. The number of nitrogens with two attached hydrogens (primary N) is 1. The second-order valence-corrected chi connectivity index (χ2v) is 5.23. The molecule has 0 bridgehead atoms. The first-order chi connectivity index (χ1) is 11.2. The fourth-order valence-corrected chi connectivity index (χ4v) is 2.65. The lowest BCUT2D eigenvalue weighted by Gasteiger charge is -2.36. The van der Waals surface area contributed by atoms with E-state index in [4.69, 9.17) is 11.0 Å². The molecule has 2 N–H and O–H groups in total. The summed E-state index contributed by atoms with van der Waals surface area (Å²) < 4.78 is 0. The molecule has 0 radical (unpaired) electrons. The summed E-state index contributed by atoms with van der Waals surface area (Å²) in [5, 5.41) is 9.12. The predicted octanol–water partition coefficient (Wildman–Crippen LogP) is 0.774. The second-order valence-electron chi connectivity index (χ2n) is 5.23. The first kappa shape index (κ1) is 14.8. The van der Waals surface area contributed by atoms with E-state index in [-0.39, 0.29) is 0 Å². The van der Waals surface area contributed by atoms with Crippen molar-refractivity contribution in [1.29, 1.82) is 5.26 Å². The molecule has 2 aromatic rings. The maximum absolute atomic E-state index is 11.1. The number of benzene rings is 1. The van der Waals surface area contributed by atoms with Crippen LogP contribution in [0.2, 0.25) is 0 Å².